The average Bonchev–Trinajstić information content (AvgIpc) is 3.45. The predicted molar refractivity (Wildman–Crippen MR) is 161 cm³/mol. The summed E-state index contributed by atoms with van der Waals surface area (Å²) in [6.45, 7) is 12.2. The Labute approximate surface area is 238 Å². The zero-order chi connectivity index (χ0) is 28.9. The number of nitrogens with zero attached hydrogens (tertiary/aromatic N) is 2. The van der Waals surface area contributed by atoms with Gasteiger partial charge in [0.15, 0.2) is 5.13 Å². The van der Waals surface area contributed by atoms with Gasteiger partial charge in [0.05, 0.1) is 28.9 Å². The summed E-state index contributed by atoms with van der Waals surface area (Å²) in [5, 5.41) is 12.2. The predicted octanol–water partition coefficient (Wildman–Crippen LogP) is 7.79. The van der Waals surface area contributed by atoms with E-state index in [1.807, 2.05) is 76.2 Å². The fourth-order valence-electron chi connectivity index (χ4n) is 5.30. The molecule has 7 heteroatoms. The molecule has 1 aliphatic heterocycles. The van der Waals surface area contributed by atoms with Gasteiger partial charge < -0.3 is 9.84 Å². The number of hydrogen-bond acceptors (Lipinski definition) is 6. The number of thiazole rings is 1. The van der Waals surface area contributed by atoms with Crippen molar-refractivity contribution in [2.45, 2.75) is 59.4 Å². The first-order chi connectivity index (χ1) is 19.0. The van der Waals surface area contributed by atoms with Gasteiger partial charge in [0.1, 0.15) is 11.5 Å². The lowest BCUT2D eigenvalue weighted by atomic mass is 9.90. The van der Waals surface area contributed by atoms with E-state index < -0.39 is 17.7 Å². The largest absolute Gasteiger partial charge is 0.507 e. The molecule has 1 N–H and O–H groups in total. The molecule has 3 aromatic carbocycles. The molecular formula is C33H34N2O4S. The highest BCUT2D eigenvalue weighted by Gasteiger charge is 2.48. The molecule has 0 saturated carbocycles. The van der Waals surface area contributed by atoms with E-state index in [9.17, 15) is 14.7 Å². The number of ketones is 1. The van der Waals surface area contributed by atoms with Crippen molar-refractivity contribution in [2.24, 2.45) is 0 Å². The van der Waals surface area contributed by atoms with Gasteiger partial charge in [-0.1, -0.05) is 74.9 Å². The van der Waals surface area contributed by atoms with E-state index >= 15 is 0 Å². The molecule has 1 atom stereocenters. The van der Waals surface area contributed by atoms with Gasteiger partial charge in [-0.15, -0.1) is 0 Å². The molecule has 1 fully saturated rings. The minimum atomic E-state index is -0.825. The van der Waals surface area contributed by atoms with Crippen molar-refractivity contribution < 1.29 is 19.4 Å². The summed E-state index contributed by atoms with van der Waals surface area (Å²) in [4.78, 5) is 33.7. The molecule has 1 saturated heterocycles. The number of aryl methyl sites for hydroxylation is 2. The van der Waals surface area contributed by atoms with Crippen molar-refractivity contribution in [3.63, 3.8) is 0 Å². The Hall–Kier alpha value is -3.97. The highest BCUT2D eigenvalue weighted by Crippen LogP contribution is 2.45. The van der Waals surface area contributed by atoms with E-state index in [1.165, 1.54) is 21.8 Å². The first-order valence-corrected chi connectivity index (χ1v) is 14.3. The van der Waals surface area contributed by atoms with E-state index in [1.54, 1.807) is 7.11 Å². The number of aromatic nitrogens is 1. The molecule has 1 aromatic heterocycles. The number of carbonyl (C=O) groups excluding carboxylic acids is 2. The van der Waals surface area contributed by atoms with Crippen LogP contribution in [0.1, 0.15) is 79.0 Å². The second kappa shape index (κ2) is 10.5. The Morgan fingerprint density at radius 1 is 1.00 bits per heavy atom. The van der Waals surface area contributed by atoms with Crippen molar-refractivity contribution in [3.05, 3.63) is 93.6 Å². The number of hydrogen-bond donors (Lipinski definition) is 1. The lowest BCUT2D eigenvalue weighted by molar-refractivity contribution is -0.132. The number of benzene rings is 3. The summed E-state index contributed by atoms with van der Waals surface area (Å²) in [5.74, 6) is -0.443. The van der Waals surface area contributed by atoms with E-state index in [4.69, 9.17) is 9.72 Å². The summed E-state index contributed by atoms with van der Waals surface area (Å²) in [5.41, 5.74) is 5.87. The van der Waals surface area contributed by atoms with Gasteiger partial charge in [-0.3, -0.25) is 14.5 Å². The number of fused-ring (bicyclic) bond motifs is 1. The second-order valence-corrected chi connectivity index (χ2v) is 12.0. The first-order valence-electron chi connectivity index (χ1n) is 13.5. The summed E-state index contributed by atoms with van der Waals surface area (Å²) >= 11 is 1.38. The number of amides is 1. The van der Waals surface area contributed by atoms with Crippen LogP contribution < -0.4 is 9.64 Å². The number of anilines is 1. The van der Waals surface area contributed by atoms with Gasteiger partial charge in [-0.2, -0.15) is 0 Å². The number of aliphatic hydroxyl groups is 1. The van der Waals surface area contributed by atoms with Crippen LogP contribution in [-0.4, -0.2) is 28.9 Å². The number of rotatable bonds is 6. The molecule has 0 aliphatic carbocycles. The molecule has 6 nitrogen and oxygen atoms in total. The van der Waals surface area contributed by atoms with E-state index in [0.717, 1.165) is 38.2 Å². The van der Waals surface area contributed by atoms with E-state index in [-0.39, 0.29) is 17.3 Å². The van der Waals surface area contributed by atoms with Gasteiger partial charge >= 0.3 is 5.91 Å². The summed E-state index contributed by atoms with van der Waals surface area (Å²) < 4.78 is 6.53. The zero-order valence-corrected chi connectivity index (χ0v) is 24.7. The number of ether oxygens (including phenoxy) is 1. The van der Waals surface area contributed by atoms with Crippen LogP contribution in [-0.2, 0) is 9.59 Å². The van der Waals surface area contributed by atoms with Crippen molar-refractivity contribution in [1.29, 1.82) is 0 Å². The lowest BCUT2D eigenvalue weighted by Crippen LogP contribution is -2.29. The highest BCUT2D eigenvalue weighted by molar-refractivity contribution is 7.22. The van der Waals surface area contributed by atoms with Crippen LogP contribution >= 0.6 is 11.3 Å². The third-order valence-corrected chi connectivity index (χ3v) is 8.55. The Bertz CT molecular complexity index is 1680. The van der Waals surface area contributed by atoms with Crippen LogP contribution in [0.4, 0.5) is 5.13 Å². The number of methoxy groups -OCH3 is 1. The van der Waals surface area contributed by atoms with Crippen LogP contribution in [0.15, 0.2) is 60.2 Å². The Morgan fingerprint density at radius 2 is 1.75 bits per heavy atom. The van der Waals surface area contributed by atoms with Crippen molar-refractivity contribution in [3.8, 4) is 5.75 Å². The molecule has 40 heavy (non-hydrogen) atoms. The van der Waals surface area contributed by atoms with Crippen LogP contribution in [0.3, 0.4) is 0 Å². The molecule has 1 unspecified atom stereocenters. The molecule has 1 amide bonds. The zero-order valence-electron chi connectivity index (χ0n) is 23.9. The minimum Gasteiger partial charge on any atom is -0.507 e. The molecular weight excluding hydrogens is 520 g/mol. The fourth-order valence-corrected chi connectivity index (χ4v) is 6.34. The quantitative estimate of drug-likeness (QED) is 0.149. The molecule has 5 rings (SSSR count). The summed E-state index contributed by atoms with van der Waals surface area (Å²) in [7, 11) is 1.62. The number of aliphatic hydroxyl groups excluding tert-OH is 1. The van der Waals surface area contributed by atoms with Crippen molar-refractivity contribution in [1.82, 2.24) is 4.98 Å². The van der Waals surface area contributed by atoms with Crippen molar-refractivity contribution >= 4 is 44.1 Å². The summed E-state index contributed by atoms with van der Waals surface area (Å²) in [6.07, 6.45) is 0. The fraction of sp³-hybridized carbons (Fsp3) is 0.303. The Kier molecular flexibility index (Phi) is 7.27. The standard InChI is InChI=1S/C33H34N2O4S/c1-17(2)21-11-12-25-27(15-21)40-33(34-25)35-29(22-10-8-9-19(5)13-22)28(31(37)32(35)38)30(36)24-16-23(18(3)4)26(39-7)14-20(24)6/h8-18,29,36H,1-7H3/b30-28+. The van der Waals surface area contributed by atoms with Crippen LogP contribution in [0.25, 0.3) is 16.0 Å². The molecule has 1 aliphatic rings. The smallest absolute Gasteiger partial charge is 0.301 e. The third kappa shape index (κ3) is 4.68. The molecule has 206 valence electrons. The van der Waals surface area contributed by atoms with E-state index in [0.29, 0.717) is 16.6 Å². The Morgan fingerprint density at radius 3 is 2.40 bits per heavy atom. The van der Waals surface area contributed by atoms with Gasteiger partial charge in [0.2, 0.25) is 0 Å². The molecule has 2 heterocycles. The van der Waals surface area contributed by atoms with Gasteiger partial charge in [0.25, 0.3) is 5.78 Å². The molecule has 0 bridgehead atoms. The maximum atomic E-state index is 13.7. The maximum Gasteiger partial charge on any atom is 0.301 e. The van der Waals surface area contributed by atoms with E-state index in [2.05, 4.69) is 19.9 Å². The third-order valence-electron chi connectivity index (χ3n) is 7.53. The molecule has 4 aromatic rings. The van der Waals surface area contributed by atoms with Gasteiger partial charge in [-0.25, -0.2) is 4.98 Å². The SMILES string of the molecule is COc1cc(C)c(/C(O)=C2\C(=O)C(=O)N(c3nc4ccc(C(C)C)cc4s3)C2c2cccc(C)c2)cc1C(C)C. The average molecular weight is 555 g/mol. The second-order valence-electron chi connectivity index (χ2n) is 11.0. The summed E-state index contributed by atoms with van der Waals surface area (Å²) in [6, 6.07) is 16.7. The Balaban J connectivity index is 1.74. The topological polar surface area (TPSA) is 79.7 Å². The first kappa shape index (κ1) is 27.6. The normalized spacial score (nSPS) is 17.0. The highest BCUT2D eigenvalue weighted by atomic mass is 32.1. The maximum absolute atomic E-state index is 13.7. The minimum absolute atomic E-state index is 0.0562. The number of carbonyl (C=O) groups is 2. The lowest BCUT2D eigenvalue weighted by Gasteiger charge is -2.24. The van der Waals surface area contributed by atoms with Crippen molar-refractivity contribution in [2.75, 3.05) is 12.0 Å². The van der Waals surface area contributed by atoms with Gasteiger partial charge in [0, 0.05) is 5.56 Å². The van der Waals surface area contributed by atoms with Crippen LogP contribution in [0.5, 0.6) is 5.75 Å². The molecule has 0 spiro atoms. The molecule has 0 radical (unpaired) electrons. The van der Waals surface area contributed by atoms with Crippen LogP contribution in [0, 0.1) is 13.8 Å². The van der Waals surface area contributed by atoms with Gasteiger partial charge in [-0.05, 0) is 72.2 Å². The number of Topliss-reactive ketones (excluding diaryl/α,β-unsaturated/α-hetero) is 1. The monoisotopic (exact) mass is 554 g/mol. The van der Waals surface area contributed by atoms with Crippen LogP contribution in [0.2, 0.25) is 0 Å².